The number of aromatic nitrogens is 3. The predicted molar refractivity (Wildman–Crippen MR) is 94.3 cm³/mol. The third-order valence-corrected chi connectivity index (χ3v) is 4.70. The Balaban J connectivity index is 1.61. The Morgan fingerprint density at radius 1 is 1.12 bits per heavy atom. The molecular weight excluding hydrogens is 318 g/mol. The smallest absolute Gasteiger partial charge is 0.270 e. The van der Waals surface area contributed by atoms with E-state index in [1.165, 1.54) is 0 Å². The number of imidazole rings is 1. The number of hydrogen-bond donors (Lipinski definition) is 1. The highest BCUT2D eigenvalue weighted by molar-refractivity contribution is 5.92. The minimum absolute atomic E-state index is 0.0122. The first kappa shape index (κ1) is 17.3. The molecule has 7 heteroatoms. The summed E-state index contributed by atoms with van der Waals surface area (Å²) in [5, 5.41) is 0. The zero-order valence-electron chi connectivity index (χ0n) is 15.0. The van der Waals surface area contributed by atoms with Crippen LogP contribution in [0.5, 0.6) is 0 Å². The van der Waals surface area contributed by atoms with E-state index in [0.717, 1.165) is 5.82 Å². The number of aromatic amines is 1. The number of carbonyl (C=O) groups is 2. The molecule has 2 amide bonds. The van der Waals surface area contributed by atoms with E-state index < -0.39 is 0 Å². The maximum Gasteiger partial charge on any atom is 0.270 e. The zero-order chi connectivity index (χ0) is 18.0. The summed E-state index contributed by atoms with van der Waals surface area (Å²) in [5.41, 5.74) is 0.591. The Morgan fingerprint density at radius 3 is 2.40 bits per heavy atom. The number of nitrogens with zero attached hydrogens (tertiary/aromatic N) is 4. The first-order chi connectivity index (χ1) is 12.0. The Labute approximate surface area is 147 Å². The number of rotatable bonds is 4. The van der Waals surface area contributed by atoms with Crippen LogP contribution in [0.3, 0.4) is 0 Å². The molecule has 25 heavy (non-hydrogen) atoms. The largest absolute Gasteiger partial charge is 0.357 e. The highest BCUT2D eigenvalue weighted by Gasteiger charge is 2.29. The van der Waals surface area contributed by atoms with Crippen LogP contribution < -0.4 is 0 Å². The van der Waals surface area contributed by atoms with E-state index in [1.807, 2.05) is 28.7 Å². The zero-order valence-corrected chi connectivity index (χ0v) is 15.0. The molecule has 0 saturated carbocycles. The van der Waals surface area contributed by atoms with Crippen LogP contribution in [0.2, 0.25) is 0 Å². The molecule has 134 valence electrons. The molecule has 0 spiro atoms. The fourth-order valence-electron chi connectivity index (χ4n) is 3.25. The lowest BCUT2D eigenvalue weighted by Gasteiger charge is -2.36. The van der Waals surface area contributed by atoms with Gasteiger partial charge in [0.25, 0.3) is 5.91 Å². The Kier molecular flexibility index (Phi) is 4.92. The van der Waals surface area contributed by atoms with Crippen LogP contribution in [0.25, 0.3) is 0 Å². The van der Waals surface area contributed by atoms with Crippen LogP contribution in [0.15, 0.2) is 30.7 Å². The van der Waals surface area contributed by atoms with E-state index in [9.17, 15) is 9.59 Å². The lowest BCUT2D eigenvalue weighted by Crippen LogP contribution is -2.52. The molecule has 3 rings (SSSR count). The number of nitrogens with one attached hydrogen (secondary N) is 1. The van der Waals surface area contributed by atoms with Gasteiger partial charge >= 0.3 is 0 Å². The normalized spacial score (nSPS) is 16.3. The predicted octanol–water partition coefficient (Wildman–Crippen LogP) is 1.88. The Morgan fingerprint density at radius 2 is 1.80 bits per heavy atom. The second kappa shape index (κ2) is 7.13. The maximum absolute atomic E-state index is 12.8. The van der Waals surface area contributed by atoms with Gasteiger partial charge < -0.3 is 19.4 Å². The third kappa shape index (κ3) is 3.45. The molecule has 1 atom stereocenters. The third-order valence-electron chi connectivity index (χ3n) is 4.70. The van der Waals surface area contributed by atoms with Crippen LogP contribution in [-0.2, 0) is 4.79 Å². The van der Waals surface area contributed by atoms with E-state index in [0.29, 0.717) is 31.9 Å². The van der Waals surface area contributed by atoms with Gasteiger partial charge in [0.05, 0.1) is 0 Å². The molecule has 0 unspecified atom stereocenters. The first-order valence-electron chi connectivity index (χ1n) is 8.73. The fourth-order valence-corrected chi connectivity index (χ4v) is 3.25. The molecule has 1 N–H and O–H groups in total. The van der Waals surface area contributed by atoms with E-state index in [2.05, 4.69) is 23.8 Å². The second-order valence-corrected chi connectivity index (χ2v) is 6.72. The quantitative estimate of drug-likeness (QED) is 0.921. The van der Waals surface area contributed by atoms with Crippen molar-refractivity contribution in [1.29, 1.82) is 0 Å². The summed E-state index contributed by atoms with van der Waals surface area (Å²) in [6.07, 6.45) is 5.35. The summed E-state index contributed by atoms with van der Waals surface area (Å²) < 4.78 is 1.95. The topological polar surface area (TPSA) is 74.2 Å². The van der Waals surface area contributed by atoms with Crippen molar-refractivity contribution in [1.82, 2.24) is 24.3 Å². The van der Waals surface area contributed by atoms with E-state index in [4.69, 9.17) is 0 Å². The van der Waals surface area contributed by atoms with Gasteiger partial charge in [-0.3, -0.25) is 9.59 Å². The number of carbonyl (C=O) groups excluding carboxylic acids is 2. The molecule has 0 aliphatic carbocycles. The van der Waals surface area contributed by atoms with Crippen LogP contribution in [0.1, 0.15) is 49.0 Å². The minimum Gasteiger partial charge on any atom is -0.357 e. The number of piperazine rings is 1. The van der Waals surface area contributed by atoms with Gasteiger partial charge in [-0.2, -0.15) is 0 Å². The molecule has 2 aromatic rings. The van der Waals surface area contributed by atoms with E-state index >= 15 is 0 Å². The number of amides is 2. The lowest BCUT2D eigenvalue weighted by atomic mass is 10.1. The van der Waals surface area contributed by atoms with Crippen molar-refractivity contribution in [3.63, 3.8) is 0 Å². The SMILES string of the molecule is CC(C)c1nccn1[C@H](C)C(=O)N1CCN(C(=O)c2ccc[nH]2)CC1. The molecule has 3 heterocycles. The average molecular weight is 343 g/mol. The molecular formula is C18H25N5O2. The molecule has 0 bridgehead atoms. The summed E-state index contributed by atoms with van der Waals surface area (Å²) in [5.74, 6) is 1.25. The molecule has 2 aromatic heterocycles. The highest BCUT2D eigenvalue weighted by atomic mass is 16.2. The van der Waals surface area contributed by atoms with Crippen molar-refractivity contribution in [2.75, 3.05) is 26.2 Å². The van der Waals surface area contributed by atoms with Crippen LogP contribution in [-0.4, -0.2) is 62.3 Å². The number of H-pyrrole nitrogens is 1. The first-order valence-corrected chi connectivity index (χ1v) is 8.73. The van der Waals surface area contributed by atoms with Gasteiger partial charge in [-0.05, 0) is 19.1 Å². The fraction of sp³-hybridized carbons (Fsp3) is 0.500. The van der Waals surface area contributed by atoms with Crippen molar-refractivity contribution in [2.24, 2.45) is 0 Å². The van der Waals surface area contributed by atoms with Crippen molar-refractivity contribution in [3.05, 3.63) is 42.2 Å². The molecule has 0 radical (unpaired) electrons. The average Bonchev–Trinajstić information content (AvgIpc) is 3.31. The van der Waals surface area contributed by atoms with E-state index in [1.54, 1.807) is 23.4 Å². The monoisotopic (exact) mass is 343 g/mol. The number of hydrogen-bond acceptors (Lipinski definition) is 3. The van der Waals surface area contributed by atoms with Gasteiger partial charge in [0, 0.05) is 50.7 Å². The summed E-state index contributed by atoms with van der Waals surface area (Å²) in [6.45, 7) is 8.27. The Hall–Kier alpha value is -2.57. The summed E-state index contributed by atoms with van der Waals surface area (Å²) >= 11 is 0. The standard InChI is InChI=1S/C18H25N5O2/c1-13(2)16-20-7-8-23(16)14(3)17(24)21-9-11-22(12-10-21)18(25)15-5-4-6-19-15/h4-8,13-14,19H,9-12H2,1-3H3/t14-/m1/s1. The van der Waals surface area contributed by atoms with Gasteiger partial charge in [0.2, 0.25) is 5.91 Å². The minimum atomic E-state index is -0.287. The van der Waals surface area contributed by atoms with Crippen molar-refractivity contribution >= 4 is 11.8 Å². The van der Waals surface area contributed by atoms with Crippen molar-refractivity contribution in [3.8, 4) is 0 Å². The Bertz CT molecular complexity index is 726. The highest BCUT2D eigenvalue weighted by Crippen LogP contribution is 2.20. The molecule has 7 nitrogen and oxygen atoms in total. The lowest BCUT2D eigenvalue weighted by molar-refractivity contribution is -0.135. The van der Waals surface area contributed by atoms with Gasteiger partial charge in [0.1, 0.15) is 17.6 Å². The molecule has 1 saturated heterocycles. The molecule has 1 aliphatic heterocycles. The van der Waals surface area contributed by atoms with Gasteiger partial charge in [-0.1, -0.05) is 13.8 Å². The molecule has 0 aromatic carbocycles. The summed E-state index contributed by atoms with van der Waals surface area (Å²) in [6, 6.07) is 3.30. The van der Waals surface area contributed by atoms with E-state index in [-0.39, 0.29) is 23.8 Å². The second-order valence-electron chi connectivity index (χ2n) is 6.72. The molecule has 1 fully saturated rings. The maximum atomic E-state index is 12.8. The van der Waals surface area contributed by atoms with Gasteiger partial charge in [-0.15, -0.1) is 0 Å². The van der Waals surface area contributed by atoms with Crippen LogP contribution >= 0.6 is 0 Å². The summed E-state index contributed by atoms with van der Waals surface area (Å²) in [4.78, 5) is 36.1. The van der Waals surface area contributed by atoms with Crippen molar-refractivity contribution < 1.29 is 9.59 Å². The van der Waals surface area contributed by atoms with Crippen LogP contribution in [0.4, 0.5) is 0 Å². The molecule has 1 aliphatic rings. The summed E-state index contributed by atoms with van der Waals surface area (Å²) in [7, 11) is 0. The van der Waals surface area contributed by atoms with Gasteiger partial charge in [0.15, 0.2) is 0 Å². The van der Waals surface area contributed by atoms with Crippen molar-refractivity contribution in [2.45, 2.75) is 32.7 Å². The van der Waals surface area contributed by atoms with Crippen LogP contribution in [0, 0.1) is 0 Å². The van der Waals surface area contributed by atoms with Gasteiger partial charge in [-0.25, -0.2) is 4.98 Å².